The molecule has 1 aromatic heterocycles. The molecule has 0 aliphatic carbocycles. The first-order valence-corrected chi connectivity index (χ1v) is 6.80. The minimum absolute atomic E-state index is 0.835. The van der Waals surface area contributed by atoms with E-state index in [9.17, 15) is 4.79 Å². The first-order valence-electron chi connectivity index (χ1n) is 6.80. The van der Waals surface area contributed by atoms with Gasteiger partial charge in [-0.25, -0.2) is 9.78 Å². The van der Waals surface area contributed by atoms with Gasteiger partial charge in [0.1, 0.15) is 5.82 Å². The lowest BCUT2D eigenvalue weighted by Gasteiger charge is -2.26. The second-order valence-corrected chi connectivity index (χ2v) is 4.88. The number of carboxylic acid groups (broad SMARTS) is 1. The fourth-order valence-corrected chi connectivity index (χ4v) is 1.88. The van der Waals surface area contributed by atoms with Crippen LogP contribution in [0.5, 0.6) is 0 Å². The number of rotatable bonds is 8. The van der Waals surface area contributed by atoms with Gasteiger partial charge in [-0.05, 0) is 38.7 Å². The molecule has 0 amide bonds. The van der Waals surface area contributed by atoms with E-state index >= 15 is 0 Å². The summed E-state index contributed by atoms with van der Waals surface area (Å²) in [5, 5.41) is 8.76. The number of aromatic nitrogens is 1. The van der Waals surface area contributed by atoms with Crippen LogP contribution in [-0.2, 0) is 4.79 Å². The lowest BCUT2D eigenvalue weighted by molar-refractivity contribution is -0.131. The number of likely N-dealkylation sites (N-methyl/N-ethyl adjacent to an activating group) is 1. The average molecular weight is 277 g/mol. The Morgan fingerprint density at radius 2 is 2.10 bits per heavy atom. The van der Waals surface area contributed by atoms with Crippen LogP contribution in [0.3, 0.4) is 0 Å². The van der Waals surface area contributed by atoms with Gasteiger partial charge in [0, 0.05) is 37.5 Å². The maximum Gasteiger partial charge on any atom is 0.328 e. The Kier molecular flexibility index (Phi) is 6.73. The second kappa shape index (κ2) is 8.32. The summed E-state index contributed by atoms with van der Waals surface area (Å²) in [4.78, 5) is 19.4. The molecule has 1 N–H and O–H groups in total. The summed E-state index contributed by atoms with van der Waals surface area (Å²) in [6.45, 7) is 4.82. The van der Waals surface area contributed by atoms with Gasteiger partial charge in [-0.3, -0.25) is 0 Å². The van der Waals surface area contributed by atoms with E-state index in [2.05, 4.69) is 21.7 Å². The first-order chi connectivity index (χ1) is 9.54. The molecule has 0 aliphatic rings. The summed E-state index contributed by atoms with van der Waals surface area (Å²) in [6, 6.07) is 3.71. The number of aliphatic carboxylic acids is 1. The predicted octanol–water partition coefficient (Wildman–Crippen LogP) is 1.96. The van der Waals surface area contributed by atoms with Gasteiger partial charge in [0.25, 0.3) is 0 Å². The highest BCUT2D eigenvalue weighted by atomic mass is 16.4. The van der Waals surface area contributed by atoms with E-state index in [4.69, 9.17) is 5.11 Å². The molecule has 0 spiro atoms. The second-order valence-electron chi connectivity index (χ2n) is 4.88. The number of hydrogen-bond acceptors (Lipinski definition) is 4. The number of carbonyl (C=O) groups is 1. The van der Waals surface area contributed by atoms with E-state index in [1.54, 1.807) is 12.3 Å². The first kappa shape index (κ1) is 16.2. The smallest absolute Gasteiger partial charge is 0.328 e. The minimum Gasteiger partial charge on any atom is -0.478 e. The third-order valence-corrected chi connectivity index (χ3v) is 2.83. The van der Waals surface area contributed by atoms with Crippen LogP contribution in [0.4, 0.5) is 5.82 Å². The van der Waals surface area contributed by atoms with Gasteiger partial charge in [-0.15, -0.1) is 0 Å². The summed E-state index contributed by atoms with van der Waals surface area (Å²) in [5.74, 6) is -0.108. The van der Waals surface area contributed by atoms with Crippen molar-refractivity contribution in [2.45, 2.75) is 13.3 Å². The van der Waals surface area contributed by atoms with Crippen molar-refractivity contribution >= 4 is 17.9 Å². The van der Waals surface area contributed by atoms with E-state index in [0.29, 0.717) is 0 Å². The summed E-state index contributed by atoms with van der Waals surface area (Å²) >= 11 is 0. The molecular weight excluding hydrogens is 254 g/mol. The molecule has 0 aromatic carbocycles. The fourth-order valence-electron chi connectivity index (χ4n) is 1.88. The Balaban J connectivity index is 2.96. The molecule has 0 atom stereocenters. The standard InChI is InChI=1S/C15H23N3O2/c1-4-10-18(12-11-17(2)3)15-13(6-5-9-16-15)7-8-14(19)20/h5-9H,4,10-12H2,1-3H3,(H,19,20)/b8-7+. The lowest BCUT2D eigenvalue weighted by Crippen LogP contribution is -2.33. The van der Waals surface area contributed by atoms with Crippen LogP contribution in [-0.4, -0.2) is 54.7 Å². The Labute approximate surface area is 120 Å². The molecule has 0 bridgehead atoms. The van der Waals surface area contributed by atoms with Gasteiger partial charge in [0.05, 0.1) is 0 Å². The van der Waals surface area contributed by atoms with Crippen LogP contribution >= 0.6 is 0 Å². The van der Waals surface area contributed by atoms with E-state index < -0.39 is 5.97 Å². The average Bonchev–Trinajstić information content (AvgIpc) is 2.41. The van der Waals surface area contributed by atoms with Crippen LogP contribution in [0.1, 0.15) is 18.9 Å². The van der Waals surface area contributed by atoms with Gasteiger partial charge >= 0.3 is 5.97 Å². The summed E-state index contributed by atoms with van der Waals surface area (Å²) in [6.07, 6.45) is 5.51. The predicted molar refractivity (Wildman–Crippen MR) is 82.0 cm³/mol. The lowest BCUT2D eigenvalue weighted by atomic mass is 10.2. The van der Waals surface area contributed by atoms with Gasteiger partial charge in [0.2, 0.25) is 0 Å². The third-order valence-electron chi connectivity index (χ3n) is 2.83. The Morgan fingerprint density at radius 3 is 2.70 bits per heavy atom. The molecule has 0 unspecified atom stereocenters. The summed E-state index contributed by atoms with van der Waals surface area (Å²) in [7, 11) is 4.07. The Hall–Kier alpha value is -1.88. The highest BCUT2D eigenvalue weighted by Crippen LogP contribution is 2.19. The molecule has 110 valence electrons. The molecule has 5 heteroatoms. The van der Waals surface area contributed by atoms with E-state index in [1.165, 1.54) is 0 Å². The molecule has 20 heavy (non-hydrogen) atoms. The van der Waals surface area contributed by atoms with Crippen LogP contribution in [0.15, 0.2) is 24.4 Å². The summed E-state index contributed by atoms with van der Waals surface area (Å²) in [5.41, 5.74) is 0.835. The van der Waals surface area contributed by atoms with Crippen molar-refractivity contribution in [3.63, 3.8) is 0 Å². The molecule has 0 fully saturated rings. The Bertz CT molecular complexity index is 458. The zero-order valence-electron chi connectivity index (χ0n) is 12.4. The summed E-state index contributed by atoms with van der Waals surface area (Å²) < 4.78 is 0. The molecule has 1 rings (SSSR count). The van der Waals surface area contributed by atoms with Gasteiger partial charge in [-0.2, -0.15) is 0 Å². The van der Waals surface area contributed by atoms with Crippen molar-refractivity contribution < 1.29 is 9.90 Å². The largest absolute Gasteiger partial charge is 0.478 e. The van der Waals surface area contributed by atoms with Gasteiger partial charge in [-0.1, -0.05) is 6.92 Å². The molecule has 1 heterocycles. The highest BCUT2D eigenvalue weighted by molar-refractivity contribution is 5.86. The number of pyridine rings is 1. The van der Waals surface area contributed by atoms with Crippen LogP contribution in [0.2, 0.25) is 0 Å². The van der Waals surface area contributed by atoms with E-state index in [-0.39, 0.29) is 0 Å². The molecule has 1 aromatic rings. The molecule has 0 radical (unpaired) electrons. The molecular formula is C15H23N3O2. The minimum atomic E-state index is -0.949. The van der Waals surface area contributed by atoms with Crippen molar-refractivity contribution in [3.05, 3.63) is 30.0 Å². The van der Waals surface area contributed by atoms with Crippen LogP contribution in [0, 0.1) is 0 Å². The number of hydrogen-bond donors (Lipinski definition) is 1. The number of carboxylic acids is 1. The third kappa shape index (κ3) is 5.40. The topological polar surface area (TPSA) is 56.7 Å². The molecule has 0 saturated heterocycles. The van der Waals surface area contributed by atoms with Crippen molar-refractivity contribution in [3.8, 4) is 0 Å². The van der Waals surface area contributed by atoms with Crippen LogP contribution < -0.4 is 4.90 Å². The maximum absolute atomic E-state index is 10.7. The number of anilines is 1. The fraction of sp³-hybridized carbons (Fsp3) is 0.467. The van der Waals surface area contributed by atoms with Gasteiger partial charge < -0.3 is 14.9 Å². The van der Waals surface area contributed by atoms with E-state index in [0.717, 1.165) is 43.5 Å². The quantitative estimate of drug-likeness (QED) is 0.736. The Morgan fingerprint density at radius 1 is 1.35 bits per heavy atom. The van der Waals surface area contributed by atoms with Crippen molar-refractivity contribution in [2.24, 2.45) is 0 Å². The maximum atomic E-state index is 10.7. The van der Waals surface area contributed by atoms with Crippen LogP contribution in [0.25, 0.3) is 6.08 Å². The van der Waals surface area contributed by atoms with Crippen molar-refractivity contribution in [1.82, 2.24) is 9.88 Å². The van der Waals surface area contributed by atoms with Gasteiger partial charge in [0.15, 0.2) is 0 Å². The van der Waals surface area contributed by atoms with Crippen molar-refractivity contribution in [1.29, 1.82) is 0 Å². The van der Waals surface area contributed by atoms with Crippen molar-refractivity contribution in [2.75, 3.05) is 38.6 Å². The zero-order valence-corrected chi connectivity index (χ0v) is 12.4. The normalized spacial score (nSPS) is 11.2. The molecule has 5 nitrogen and oxygen atoms in total. The molecule has 0 saturated carbocycles. The molecule has 0 aliphatic heterocycles. The zero-order chi connectivity index (χ0) is 15.0. The number of nitrogens with zero attached hydrogens (tertiary/aromatic N) is 3. The van der Waals surface area contributed by atoms with E-state index in [1.807, 2.05) is 26.2 Å². The highest BCUT2D eigenvalue weighted by Gasteiger charge is 2.10. The monoisotopic (exact) mass is 277 g/mol. The SMILES string of the molecule is CCCN(CCN(C)C)c1ncccc1/C=C/C(=O)O.